The molecule has 0 bridgehead atoms. The van der Waals surface area contributed by atoms with E-state index in [4.69, 9.17) is 31.0 Å². The average Bonchev–Trinajstić information content (AvgIpc) is 2.77. The van der Waals surface area contributed by atoms with Gasteiger partial charge in [-0.3, -0.25) is 4.98 Å². The Morgan fingerprint density at radius 1 is 1.00 bits per heavy atom. The SMILES string of the molecule is C[C@@H]1CCCc2c(Cl)nc(-c3ccnc4ccccc34)nc2[C@H](C)CCOCCO1. The van der Waals surface area contributed by atoms with Crippen LogP contribution in [0.1, 0.15) is 50.3 Å². The van der Waals surface area contributed by atoms with E-state index in [9.17, 15) is 0 Å². The molecule has 5 nitrogen and oxygen atoms in total. The van der Waals surface area contributed by atoms with Crippen LogP contribution >= 0.6 is 11.6 Å². The Morgan fingerprint density at radius 2 is 1.87 bits per heavy atom. The van der Waals surface area contributed by atoms with E-state index < -0.39 is 0 Å². The average molecular weight is 426 g/mol. The minimum atomic E-state index is 0.206. The van der Waals surface area contributed by atoms with Crippen molar-refractivity contribution in [1.82, 2.24) is 15.0 Å². The number of pyridine rings is 1. The molecule has 0 saturated heterocycles. The van der Waals surface area contributed by atoms with Crippen molar-refractivity contribution < 1.29 is 9.47 Å². The minimum Gasteiger partial charge on any atom is -0.379 e. The second-order valence-electron chi connectivity index (χ2n) is 7.95. The highest BCUT2D eigenvalue weighted by atomic mass is 35.5. The highest BCUT2D eigenvalue weighted by Crippen LogP contribution is 2.32. The number of benzene rings is 1. The quantitative estimate of drug-likeness (QED) is 0.475. The minimum absolute atomic E-state index is 0.206. The lowest BCUT2D eigenvalue weighted by atomic mass is 9.96. The van der Waals surface area contributed by atoms with E-state index in [1.54, 1.807) is 6.20 Å². The van der Waals surface area contributed by atoms with Gasteiger partial charge in [-0.2, -0.15) is 0 Å². The molecule has 2 atom stereocenters. The molecule has 4 rings (SSSR count). The van der Waals surface area contributed by atoms with Crippen LogP contribution in [-0.4, -0.2) is 40.9 Å². The fourth-order valence-electron chi connectivity index (χ4n) is 3.98. The number of rotatable bonds is 1. The topological polar surface area (TPSA) is 57.1 Å². The van der Waals surface area contributed by atoms with E-state index in [1.807, 2.05) is 24.3 Å². The lowest BCUT2D eigenvalue weighted by Gasteiger charge is -2.18. The van der Waals surface area contributed by atoms with E-state index in [2.05, 4.69) is 24.9 Å². The van der Waals surface area contributed by atoms with Gasteiger partial charge in [-0.1, -0.05) is 36.7 Å². The van der Waals surface area contributed by atoms with Gasteiger partial charge in [0, 0.05) is 35.2 Å². The van der Waals surface area contributed by atoms with Crippen molar-refractivity contribution in [3.05, 3.63) is 52.9 Å². The van der Waals surface area contributed by atoms with Gasteiger partial charge < -0.3 is 9.47 Å². The molecule has 30 heavy (non-hydrogen) atoms. The Kier molecular flexibility index (Phi) is 6.93. The third kappa shape index (κ3) is 4.80. The van der Waals surface area contributed by atoms with Gasteiger partial charge in [-0.15, -0.1) is 0 Å². The second kappa shape index (κ2) is 9.82. The maximum Gasteiger partial charge on any atom is 0.161 e. The van der Waals surface area contributed by atoms with Crippen molar-refractivity contribution in [3.8, 4) is 11.4 Å². The van der Waals surface area contributed by atoms with Gasteiger partial charge in [0.15, 0.2) is 5.82 Å². The third-order valence-corrected chi connectivity index (χ3v) is 6.02. The summed E-state index contributed by atoms with van der Waals surface area (Å²) in [6.07, 6.45) is 5.70. The molecule has 3 aromatic rings. The molecule has 3 heterocycles. The zero-order valence-corrected chi connectivity index (χ0v) is 18.4. The van der Waals surface area contributed by atoms with Crippen LogP contribution in [0.4, 0.5) is 0 Å². The smallest absolute Gasteiger partial charge is 0.161 e. The van der Waals surface area contributed by atoms with E-state index in [0.717, 1.165) is 53.4 Å². The Labute approximate surface area is 182 Å². The van der Waals surface area contributed by atoms with E-state index in [0.29, 0.717) is 30.8 Å². The van der Waals surface area contributed by atoms with Crippen molar-refractivity contribution in [2.24, 2.45) is 0 Å². The normalized spacial score (nSPS) is 21.3. The molecule has 0 N–H and O–H groups in total. The molecule has 2 aromatic heterocycles. The first-order valence-corrected chi connectivity index (χ1v) is 11.1. The second-order valence-corrected chi connectivity index (χ2v) is 8.31. The summed E-state index contributed by atoms with van der Waals surface area (Å²) in [6, 6.07) is 10.0. The summed E-state index contributed by atoms with van der Waals surface area (Å²) >= 11 is 6.75. The zero-order chi connectivity index (χ0) is 20.9. The van der Waals surface area contributed by atoms with Crippen LogP contribution in [0, 0.1) is 0 Å². The van der Waals surface area contributed by atoms with Gasteiger partial charge in [0.1, 0.15) is 5.15 Å². The molecule has 6 heteroatoms. The fraction of sp³-hybridized carbons (Fsp3) is 0.458. The maximum atomic E-state index is 6.75. The molecule has 1 aromatic carbocycles. The Morgan fingerprint density at radius 3 is 2.77 bits per heavy atom. The van der Waals surface area contributed by atoms with Crippen molar-refractivity contribution in [2.45, 2.75) is 51.6 Å². The summed E-state index contributed by atoms with van der Waals surface area (Å²) in [7, 11) is 0. The van der Waals surface area contributed by atoms with E-state index >= 15 is 0 Å². The van der Waals surface area contributed by atoms with Gasteiger partial charge in [0.05, 0.1) is 30.5 Å². The predicted octanol–water partition coefficient (Wildman–Crippen LogP) is 5.60. The summed E-state index contributed by atoms with van der Waals surface area (Å²) in [5.41, 5.74) is 3.97. The molecule has 0 fully saturated rings. The Hall–Kier alpha value is -2.08. The summed E-state index contributed by atoms with van der Waals surface area (Å²) in [6.45, 7) is 6.25. The molecule has 158 valence electrons. The standard InChI is InChI=1S/C24H28ClN3O2/c1-16-11-13-29-14-15-30-17(2)6-5-8-20-22(16)27-24(28-23(20)25)19-10-12-26-21-9-4-3-7-18(19)21/h3-4,7,9-10,12,16-17H,5-6,8,11,13-15H2,1-2H3/t16-,17-/m1/s1. The van der Waals surface area contributed by atoms with Gasteiger partial charge in [0.2, 0.25) is 0 Å². The highest BCUT2D eigenvalue weighted by Gasteiger charge is 2.20. The van der Waals surface area contributed by atoms with Crippen LogP contribution in [-0.2, 0) is 15.9 Å². The molecule has 0 spiro atoms. The molecule has 0 saturated carbocycles. The highest BCUT2D eigenvalue weighted by molar-refractivity contribution is 6.30. The molecule has 0 unspecified atom stereocenters. The molecule has 1 aliphatic rings. The van der Waals surface area contributed by atoms with Crippen molar-refractivity contribution in [3.63, 3.8) is 0 Å². The molecule has 1 aliphatic heterocycles. The summed E-state index contributed by atoms with van der Waals surface area (Å²) in [5.74, 6) is 0.887. The first-order chi connectivity index (χ1) is 14.6. The summed E-state index contributed by atoms with van der Waals surface area (Å²) in [5, 5.41) is 1.58. The van der Waals surface area contributed by atoms with Crippen LogP contribution in [0.15, 0.2) is 36.5 Å². The lowest BCUT2D eigenvalue weighted by Crippen LogP contribution is -2.13. The summed E-state index contributed by atoms with van der Waals surface area (Å²) in [4.78, 5) is 14.2. The zero-order valence-electron chi connectivity index (χ0n) is 17.6. The monoisotopic (exact) mass is 425 g/mol. The van der Waals surface area contributed by atoms with Crippen LogP contribution in [0.5, 0.6) is 0 Å². The van der Waals surface area contributed by atoms with Gasteiger partial charge >= 0.3 is 0 Å². The van der Waals surface area contributed by atoms with Gasteiger partial charge in [-0.05, 0) is 44.7 Å². The van der Waals surface area contributed by atoms with Crippen molar-refractivity contribution in [1.29, 1.82) is 0 Å². The molecular weight excluding hydrogens is 398 g/mol. The van der Waals surface area contributed by atoms with Crippen LogP contribution in [0.3, 0.4) is 0 Å². The predicted molar refractivity (Wildman–Crippen MR) is 120 cm³/mol. The van der Waals surface area contributed by atoms with Gasteiger partial charge in [-0.25, -0.2) is 9.97 Å². The van der Waals surface area contributed by atoms with Crippen LogP contribution in [0.25, 0.3) is 22.3 Å². The number of aromatic nitrogens is 3. The number of nitrogens with zero attached hydrogens (tertiary/aromatic N) is 3. The summed E-state index contributed by atoms with van der Waals surface area (Å²) < 4.78 is 11.6. The first kappa shape index (κ1) is 21.2. The van der Waals surface area contributed by atoms with Gasteiger partial charge in [0.25, 0.3) is 0 Å². The lowest BCUT2D eigenvalue weighted by molar-refractivity contribution is 0.00771. The number of hydrogen-bond acceptors (Lipinski definition) is 5. The maximum absolute atomic E-state index is 6.75. The molecule has 0 radical (unpaired) electrons. The largest absolute Gasteiger partial charge is 0.379 e. The fourth-order valence-corrected chi connectivity index (χ4v) is 4.25. The number of fused-ring (bicyclic) bond motifs is 2. The number of halogens is 1. The Balaban J connectivity index is 1.75. The van der Waals surface area contributed by atoms with Crippen LogP contribution < -0.4 is 0 Å². The molecular formula is C24H28ClN3O2. The van der Waals surface area contributed by atoms with E-state index in [-0.39, 0.29) is 12.0 Å². The van der Waals surface area contributed by atoms with Crippen molar-refractivity contribution >= 4 is 22.5 Å². The van der Waals surface area contributed by atoms with Crippen LogP contribution in [0.2, 0.25) is 5.15 Å². The molecule has 0 amide bonds. The number of hydrogen-bond donors (Lipinski definition) is 0. The third-order valence-electron chi connectivity index (χ3n) is 5.71. The van der Waals surface area contributed by atoms with Crippen molar-refractivity contribution in [2.75, 3.05) is 19.8 Å². The number of ether oxygens (including phenoxy) is 2. The van der Waals surface area contributed by atoms with E-state index in [1.165, 1.54) is 0 Å². The molecule has 0 aliphatic carbocycles. The Bertz CT molecular complexity index is 1010. The first-order valence-electron chi connectivity index (χ1n) is 10.7. The number of para-hydroxylation sites is 1.